The highest BCUT2D eigenvalue weighted by molar-refractivity contribution is 5.65. The zero-order valence-corrected chi connectivity index (χ0v) is 13.1. The minimum Gasteiger partial charge on any atom is -0.490 e. The Morgan fingerprint density at radius 1 is 1.24 bits per heavy atom. The van der Waals surface area contributed by atoms with Gasteiger partial charge in [0, 0.05) is 19.1 Å². The van der Waals surface area contributed by atoms with Crippen molar-refractivity contribution >= 4 is 11.6 Å². The first-order chi connectivity index (χ1) is 10.3. The largest absolute Gasteiger partial charge is 0.490 e. The van der Waals surface area contributed by atoms with Crippen molar-refractivity contribution in [3.8, 4) is 5.75 Å². The lowest BCUT2D eigenvalue weighted by atomic mass is 9.96. The maximum atomic E-state index is 5.62. The summed E-state index contributed by atoms with van der Waals surface area (Å²) in [6.45, 7) is 3.98. The number of hydrogen-bond acceptors (Lipinski definition) is 5. The lowest BCUT2D eigenvalue weighted by Gasteiger charge is -2.31. The Morgan fingerprint density at radius 3 is 2.76 bits per heavy atom. The van der Waals surface area contributed by atoms with E-state index in [9.17, 15) is 0 Å². The summed E-state index contributed by atoms with van der Waals surface area (Å²) >= 11 is 0. The average molecular weight is 290 g/mol. The summed E-state index contributed by atoms with van der Waals surface area (Å²) in [5, 5.41) is 3.27. The molecule has 1 aliphatic carbocycles. The van der Waals surface area contributed by atoms with Crippen LogP contribution in [0.2, 0.25) is 0 Å². The van der Waals surface area contributed by atoms with Crippen LogP contribution < -0.4 is 15.0 Å². The summed E-state index contributed by atoms with van der Waals surface area (Å²) in [7, 11) is 1.71. The number of rotatable bonds is 5. The molecule has 1 saturated heterocycles. The van der Waals surface area contributed by atoms with Crippen LogP contribution >= 0.6 is 0 Å². The fourth-order valence-corrected chi connectivity index (χ4v) is 3.94. The van der Waals surface area contributed by atoms with Crippen molar-refractivity contribution in [3.63, 3.8) is 0 Å². The molecule has 0 bridgehead atoms. The van der Waals surface area contributed by atoms with Crippen molar-refractivity contribution in [1.82, 2.24) is 9.97 Å². The topological polar surface area (TPSA) is 50.3 Å². The molecule has 1 aromatic heterocycles. The molecule has 2 heterocycles. The number of hydrogen-bond donors (Lipinski definition) is 1. The van der Waals surface area contributed by atoms with Crippen LogP contribution in [0.5, 0.6) is 5.75 Å². The maximum Gasteiger partial charge on any atom is 0.204 e. The third-order valence-electron chi connectivity index (χ3n) is 4.85. The lowest BCUT2D eigenvalue weighted by Crippen LogP contribution is -2.35. The molecule has 5 heteroatoms. The Balaban J connectivity index is 1.89. The van der Waals surface area contributed by atoms with E-state index in [0.29, 0.717) is 6.04 Å². The molecule has 0 spiro atoms. The lowest BCUT2D eigenvalue weighted by molar-refractivity contribution is 0.400. The highest BCUT2D eigenvalue weighted by atomic mass is 16.5. The minimum atomic E-state index is 0.630. The summed E-state index contributed by atoms with van der Waals surface area (Å²) < 4.78 is 5.62. The van der Waals surface area contributed by atoms with Crippen LogP contribution in [-0.2, 0) is 0 Å². The molecule has 1 N–H and O–H groups in total. The summed E-state index contributed by atoms with van der Waals surface area (Å²) in [6.07, 6.45) is 9.71. The predicted molar refractivity (Wildman–Crippen MR) is 85.1 cm³/mol. The van der Waals surface area contributed by atoms with Gasteiger partial charge in [0.15, 0.2) is 11.6 Å². The van der Waals surface area contributed by atoms with E-state index in [2.05, 4.69) is 27.1 Å². The van der Waals surface area contributed by atoms with Gasteiger partial charge in [-0.2, -0.15) is 0 Å². The highest BCUT2D eigenvalue weighted by Gasteiger charge is 2.35. The molecule has 0 radical (unpaired) electrons. The van der Waals surface area contributed by atoms with Gasteiger partial charge in [0.1, 0.15) is 6.33 Å². The van der Waals surface area contributed by atoms with E-state index in [1.54, 1.807) is 13.4 Å². The van der Waals surface area contributed by atoms with Crippen molar-refractivity contribution in [1.29, 1.82) is 0 Å². The van der Waals surface area contributed by atoms with E-state index in [1.165, 1.54) is 38.5 Å². The van der Waals surface area contributed by atoms with Crippen LogP contribution in [0.1, 0.15) is 45.4 Å². The van der Waals surface area contributed by atoms with Gasteiger partial charge in [-0.25, -0.2) is 9.97 Å². The quantitative estimate of drug-likeness (QED) is 0.903. The highest BCUT2D eigenvalue weighted by Crippen LogP contribution is 2.41. The summed E-state index contributed by atoms with van der Waals surface area (Å²) in [5.74, 6) is 3.40. The zero-order valence-electron chi connectivity index (χ0n) is 13.1. The second-order valence-corrected chi connectivity index (χ2v) is 6.06. The van der Waals surface area contributed by atoms with Gasteiger partial charge in [0.25, 0.3) is 0 Å². The van der Waals surface area contributed by atoms with Gasteiger partial charge in [0.2, 0.25) is 5.75 Å². The summed E-state index contributed by atoms with van der Waals surface area (Å²) in [5.41, 5.74) is 0. The van der Waals surface area contributed by atoms with Gasteiger partial charge in [-0.1, -0.05) is 12.8 Å². The van der Waals surface area contributed by atoms with Crippen molar-refractivity contribution in [2.75, 3.05) is 30.4 Å². The smallest absolute Gasteiger partial charge is 0.204 e. The van der Waals surface area contributed by atoms with Crippen LogP contribution in [0.3, 0.4) is 0 Å². The normalized spacial score (nSPS) is 22.8. The van der Waals surface area contributed by atoms with E-state index in [1.807, 2.05) is 0 Å². The van der Waals surface area contributed by atoms with E-state index in [-0.39, 0.29) is 0 Å². The fourth-order valence-electron chi connectivity index (χ4n) is 3.94. The molecule has 1 aromatic rings. The minimum absolute atomic E-state index is 0.630. The van der Waals surface area contributed by atoms with Gasteiger partial charge >= 0.3 is 0 Å². The molecular formula is C16H26N4O. The fraction of sp³-hybridized carbons (Fsp3) is 0.750. The monoisotopic (exact) mass is 290 g/mol. The molecule has 2 aliphatic rings. The molecular weight excluding hydrogens is 264 g/mol. The molecule has 1 saturated carbocycles. The number of nitrogens with one attached hydrogen (secondary N) is 1. The third-order valence-corrected chi connectivity index (χ3v) is 4.85. The second kappa shape index (κ2) is 6.50. The molecule has 1 aliphatic heterocycles. The van der Waals surface area contributed by atoms with Gasteiger partial charge in [-0.3, -0.25) is 0 Å². The number of nitrogens with zero attached hydrogens (tertiary/aromatic N) is 3. The van der Waals surface area contributed by atoms with Crippen LogP contribution in [0.4, 0.5) is 11.6 Å². The van der Waals surface area contributed by atoms with Crippen LogP contribution in [0, 0.1) is 5.92 Å². The first-order valence-corrected chi connectivity index (χ1v) is 8.24. The Bertz CT molecular complexity index is 473. The molecule has 0 aromatic carbocycles. The molecule has 1 atom stereocenters. The van der Waals surface area contributed by atoms with Gasteiger partial charge in [-0.05, 0) is 38.5 Å². The van der Waals surface area contributed by atoms with Crippen molar-refractivity contribution in [3.05, 3.63) is 6.33 Å². The number of aromatic nitrogens is 2. The SMILES string of the molecule is CCNc1ncnc(N2CCCC2C2CCCC2)c1OC. The van der Waals surface area contributed by atoms with Gasteiger partial charge < -0.3 is 15.0 Å². The summed E-state index contributed by atoms with van der Waals surface area (Å²) in [6, 6.07) is 0.630. The molecule has 3 rings (SSSR count). The van der Waals surface area contributed by atoms with Crippen molar-refractivity contribution < 1.29 is 4.74 Å². The molecule has 2 fully saturated rings. The molecule has 116 valence electrons. The number of ether oxygens (including phenoxy) is 1. The first-order valence-electron chi connectivity index (χ1n) is 8.24. The molecule has 21 heavy (non-hydrogen) atoms. The Morgan fingerprint density at radius 2 is 2.05 bits per heavy atom. The standard InChI is InChI=1S/C16H26N4O/c1-3-17-15-14(21-2)16(19-11-18-15)20-10-6-9-13(20)12-7-4-5-8-12/h11-13H,3-10H2,1-2H3,(H,17,18,19). The van der Waals surface area contributed by atoms with Crippen molar-refractivity contribution in [2.24, 2.45) is 5.92 Å². The Hall–Kier alpha value is -1.52. The second-order valence-electron chi connectivity index (χ2n) is 6.06. The zero-order chi connectivity index (χ0) is 14.7. The van der Waals surface area contributed by atoms with E-state index >= 15 is 0 Å². The summed E-state index contributed by atoms with van der Waals surface area (Å²) in [4.78, 5) is 11.3. The maximum absolute atomic E-state index is 5.62. The van der Waals surface area contributed by atoms with Gasteiger partial charge in [0.05, 0.1) is 7.11 Å². The molecule has 5 nitrogen and oxygen atoms in total. The van der Waals surface area contributed by atoms with Crippen LogP contribution in [0.25, 0.3) is 0 Å². The number of anilines is 2. The Labute approximate surface area is 127 Å². The number of methoxy groups -OCH3 is 1. The Kier molecular flexibility index (Phi) is 4.46. The van der Waals surface area contributed by atoms with Crippen LogP contribution in [0.15, 0.2) is 6.33 Å². The van der Waals surface area contributed by atoms with E-state index in [0.717, 1.165) is 36.4 Å². The van der Waals surface area contributed by atoms with E-state index in [4.69, 9.17) is 4.74 Å². The first kappa shape index (κ1) is 14.4. The van der Waals surface area contributed by atoms with Gasteiger partial charge in [-0.15, -0.1) is 0 Å². The molecule has 1 unspecified atom stereocenters. The molecule has 0 amide bonds. The predicted octanol–water partition coefficient (Wildman–Crippen LogP) is 3.08. The van der Waals surface area contributed by atoms with Crippen LogP contribution in [-0.4, -0.2) is 36.2 Å². The third kappa shape index (κ3) is 2.78. The van der Waals surface area contributed by atoms with Crippen molar-refractivity contribution in [2.45, 2.75) is 51.5 Å². The van der Waals surface area contributed by atoms with E-state index < -0.39 is 0 Å². The average Bonchev–Trinajstić information content (AvgIpc) is 3.18.